The van der Waals surface area contributed by atoms with E-state index in [2.05, 4.69) is 16.3 Å². The molecule has 47 heavy (non-hydrogen) atoms. The van der Waals surface area contributed by atoms with Crippen molar-refractivity contribution in [1.82, 2.24) is 19.4 Å². The number of likely N-dealkylation sites (tertiary alicyclic amines) is 1. The minimum Gasteiger partial charge on any atom is -0.436 e. The van der Waals surface area contributed by atoms with Gasteiger partial charge in [-0.2, -0.15) is 10.2 Å². The van der Waals surface area contributed by atoms with Crippen molar-refractivity contribution < 1.29 is 17.9 Å². The van der Waals surface area contributed by atoms with E-state index in [1.807, 2.05) is 85.3 Å². The third kappa shape index (κ3) is 7.80. The molecule has 6 rings (SSSR count). The molecule has 0 atom stereocenters. The maximum Gasteiger partial charge on any atom is 0.249 e. The summed E-state index contributed by atoms with van der Waals surface area (Å²) in [5, 5.41) is 13.0. The largest absolute Gasteiger partial charge is 0.436 e. The highest BCUT2D eigenvalue weighted by atomic mass is 32.2. The smallest absolute Gasteiger partial charge is 0.249 e. The molecule has 11 heteroatoms. The van der Waals surface area contributed by atoms with Crippen LogP contribution in [0.25, 0.3) is 11.0 Å². The molecule has 0 radical (unpaired) electrons. The van der Waals surface area contributed by atoms with E-state index in [0.29, 0.717) is 41.4 Å². The Hall–Kier alpha value is -4.76. The number of nitrogens with one attached hydrogen (secondary N) is 1. The average Bonchev–Trinajstić information content (AvgIpc) is 3.46. The van der Waals surface area contributed by atoms with Gasteiger partial charge in [-0.3, -0.25) is 4.90 Å². The SMILES string of the molecule is Cc1cc(C#N)cc(C)c1Oc1nc(NC2CCN(Cc3ccc(S(C)(=O)=O)cc3)CC2)nc2ccn(COCc3ccccc3)c12. The van der Waals surface area contributed by atoms with Crippen LogP contribution in [0.2, 0.25) is 0 Å². The Morgan fingerprint density at radius 2 is 1.66 bits per heavy atom. The number of rotatable bonds is 11. The van der Waals surface area contributed by atoms with E-state index in [4.69, 9.17) is 19.4 Å². The van der Waals surface area contributed by atoms with Crippen molar-refractivity contribution in [3.05, 3.63) is 107 Å². The average molecular weight is 651 g/mol. The first-order valence-electron chi connectivity index (χ1n) is 15.6. The number of anilines is 1. The summed E-state index contributed by atoms with van der Waals surface area (Å²) in [7, 11) is -3.21. The van der Waals surface area contributed by atoms with Gasteiger partial charge in [-0.25, -0.2) is 13.4 Å². The van der Waals surface area contributed by atoms with Crippen molar-refractivity contribution in [1.29, 1.82) is 5.26 Å². The van der Waals surface area contributed by atoms with E-state index in [-0.39, 0.29) is 6.04 Å². The summed E-state index contributed by atoms with van der Waals surface area (Å²) in [6.45, 7) is 7.15. The molecular weight excluding hydrogens is 613 g/mol. The zero-order valence-electron chi connectivity index (χ0n) is 26.8. The normalized spacial score (nSPS) is 14.3. The number of aryl methyl sites for hydroxylation is 2. The lowest BCUT2D eigenvalue weighted by molar-refractivity contribution is 0.0665. The predicted molar refractivity (Wildman–Crippen MR) is 181 cm³/mol. The van der Waals surface area contributed by atoms with E-state index >= 15 is 0 Å². The van der Waals surface area contributed by atoms with Crippen LogP contribution in [0, 0.1) is 25.2 Å². The van der Waals surface area contributed by atoms with Gasteiger partial charge in [0.1, 0.15) is 18.0 Å². The van der Waals surface area contributed by atoms with E-state index < -0.39 is 9.84 Å². The predicted octanol–water partition coefficient (Wildman–Crippen LogP) is 6.37. The molecule has 2 aromatic heterocycles. The number of nitrogens with zero attached hydrogens (tertiary/aromatic N) is 5. The first-order valence-corrected chi connectivity index (χ1v) is 17.5. The Morgan fingerprint density at radius 1 is 0.957 bits per heavy atom. The molecule has 0 aliphatic carbocycles. The number of fused-ring (bicyclic) bond motifs is 1. The van der Waals surface area contributed by atoms with Gasteiger partial charge in [0.05, 0.1) is 28.7 Å². The highest BCUT2D eigenvalue weighted by Gasteiger charge is 2.23. The van der Waals surface area contributed by atoms with Crippen LogP contribution in [-0.2, 0) is 34.5 Å². The second-order valence-electron chi connectivity index (χ2n) is 12.1. The van der Waals surface area contributed by atoms with Crippen molar-refractivity contribution in [2.45, 2.75) is 57.5 Å². The first kappa shape index (κ1) is 32.2. The Bertz CT molecular complexity index is 1990. The molecule has 0 amide bonds. The number of hydrogen-bond acceptors (Lipinski definition) is 9. The third-order valence-electron chi connectivity index (χ3n) is 8.39. The van der Waals surface area contributed by atoms with Crippen molar-refractivity contribution in [3.8, 4) is 17.7 Å². The Balaban J connectivity index is 1.19. The fraction of sp³-hybridized carbons (Fsp3) is 0.306. The number of ether oxygens (including phenoxy) is 2. The number of hydrogen-bond donors (Lipinski definition) is 1. The van der Waals surface area contributed by atoms with Gasteiger partial charge in [-0.05, 0) is 79.3 Å². The molecule has 0 saturated carbocycles. The molecule has 0 unspecified atom stereocenters. The van der Waals surface area contributed by atoms with Crippen LogP contribution in [0.3, 0.4) is 0 Å². The maximum atomic E-state index is 11.8. The summed E-state index contributed by atoms with van der Waals surface area (Å²) in [6.07, 6.45) is 4.96. The molecular formula is C36H38N6O4S. The van der Waals surface area contributed by atoms with Gasteiger partial charge in [0.15, 0.2) is 9.84 Å². The quantitative estimate of drug-likeness (QED) is 0.174. The molecule has 1 aliphatic heterocycles. The summed E-state index contributed by atoms with van der Waals surface area (Å²) in [6, 6.07) is 25.1. The lowest BCUT2D eigenvalue weighted by Crippen LogP contribution is -2.39. The third-order valence-corrected chi connectivity index (χ3v) is 9.52. The topological polar surface area (TPSA) is 122 Å². The van der Waals surface area contributed by atoms with Crippen LogP contribution < -0.4 is 10.1 Å². The van der Waals surface area contributed by atoms with Gasteiger partial charge in [-0.15, -0.1) is 0 Å². The zero-order chi connectivity index (χ0) is 33.0. The van der Waals surface area contributed by atoms with Gasteiger partial charge in [-0.1, -0.05) is 42.5 Å². The highest BCUT2D eigenvalue weighted by Crippen LogP contribution is 2.34. The standard InChI is InChI=1S/C36H38N6O4S/c1-25-19-29(21-37)20-26(2)34(25)46-35-33-32(15-18-42(33)24-45-23-28-7-5-4-6-8-28)39-36(40-35)38-30-13-16-41(17-14-30)22-27-9-11-31(12-10-27)47(3,43)44/h4-12,15,18-20,30H,13-14,16-17,22-24H2,1-3H3,(H,38,39,40). The van der Waals surface area contributed by atoms with Gasteiger partial charge in [0.25, 0.3) is 0 Å². The van der Waals surface area contributed by atoms with Crippen molar-refractivity contribution in [2.24, 2.45) is 0 Å². The van der Waals surface area contributed by atoms with Gasteiger partial charge in [0, 0.05) is 38.1 Å². The Labute approximate surface area is 275 Å². The molecule has 10 nitrogen and oxygen atoms in total. The van der Waals surface area contributed by atoms with Crippen molar-refractivity contribution in [3.63, 3.8) is 0 Å². The summed E-state index contributed by atoms with van der Waals surface area (Å²) >= 11 is 0. The van der Waals surface area contributed by atoms with Gasteiger partial charge < -0.3 is 19.4 Å². The van der Waals surface area contributed by atoms with Crippen LogP contribution in [0.15, 0.2) is 83.9 Å². The monoisotopic (exact) mass is 650 g/mol. The summed E-state index contributed by atoms with van der Waals surface area (Å²) in [4.78, 5) is 12.5. The van der Waals surface area contributed by atoms with E-state index in [1.54, 1.807) is 12.1 Å². The van der Waals surface area contributed by atoms with E-state index in [9.17, 15) is 13.7 Å². The summed E-state index contributed by atoms with van der Waals surface area (Å²) in [5.41, 5.74) is 5.91. The van der Waals surface area contributed by atoms with Crippen LogP contribution in [-0.4, -0.2) is 53.2 Å². The molecule has 3 aromatic carbocycles. The van der Waals surface area contributed by atoms with Crippen LogP contribution in [0.5, 0.6) is 11.6 Å². The zero-order valence-corrected chi connectivity index (χ0v) is 27.6. The second-order valence-corrected chi connectivity index (χ2v) is 14.1. The van der Waals surface area contributed by atoms with Crippen LogP contribution in [0.4, 0.5) is 5.95 Å². The number of aromatic nitrogens is 3. The molecule has 1 saturated heterocycles. The lowest BCUT2D eigenvalue weighted by Gasteiger charge is -2.32. The fourth-order valence-corrected chi connectivity index (χ4v) is 6.57. The van der Waals surface area contributed by atoms with E-state index in [0.717, 1.165) is 65.8 Å². The van der Waals surface area contributed by atoms with Crippen LogP contribution in [0.1, 0.15) is 40.7 Å². The summed E-state index contributed by atoms with van der Waals surface area (Å²) in [5.74, 6) is 1.57. The van der Waals surface area contributed by atoms with Crippen molar-refractivity contribution in [2.75, 3.05) is 24.7 Å². The van der Waals surface area contributed by atoms with Crippen LogP contribution >= 0.6 is 0 Å². The molecule has 1 fully saturated rings. The number of sulfone groups is 1. The van der Waals surface area contributed by atoms with Gasteiger partial charge >= 0.3 is 0 Å². The molecule has 3 heterocycles. The summed E-state index contributed by atoms with van der Waals surface area (Å²) < 4.78 is 38.1. The molecule has 242 valence electrons. The second kappa shape index (κ2) is 13.9. The van der Waals surface area contributed by atoms with Crippen molar-refractivity contribution >= 4 is 26.8 Å². The first-order chi connectivity index (χ1) is 22.7. The molecule has 0 bridgehead atoms. The minimum absolute atomic E-state index is 0.179. The minimum atomic E-state index is -3.21. The Morgan fingerprint density at radius 3 is 2.32 bits per heavy atom. The van der Waals surface area contributed by atoms with Gasteiger partial charge in [0.2, 0.25) is 11.8 Å². The number of benzene rings is 3. The fourth-order valence-electron chi connectivity index (χ4n) is 5.94. The molecule has 1 aliphatic rings. The number of piperidine rings is 1. The lowest BCUT2D eigenvalue weighted by atomic mass is 10.0. The molecule has 0 spiro atoms. The van der Waals surface area contributed by atoms with E-state index in [1.165, 1.54) is 6.26 Å². The maximum absolute atomic E-state index is 11.8. The molecule has 1 N–H and O–H groups in total. The number of nitriles is 1. The Kier molecular flexibility index (Phi) is 9.54. The molecule has 5 aromatic rings. The highest BCUT2D eigenvalue weighted by molar-refractivity contribution is 7.90.